The van der Waals surface area contributed by atoms with Crippen LogP contribution in [0.3, 0.4) is 0 Å². The van der Waals surface area contributed by atoms with Gasteiger partial charge >= 0.3 is 23.9 Å². The highest BCUT2D eigenvalue weighted by Crippen LogP contribution is 2.24. The minimum absolute atomic E-state index is 0.143. The number of benzene rings is 2. The molecule has 0 saturated heterocycles. The van der Waals surface area contributed by atoms with Crippen LogP contribution in [0, 0.1) is 0 Å². The number of hydrogen-bond acceptors (Lipinski definition) is 9. The van der Waals surface area contributed by atoms with E-state index in [1.165, 1.54) is 24.3 Å². The van der Waals surface area contributed by atoms with Crippen LogP contribution in [0.4, 0.5) is 0 Å². The fourth-order valence-electron chi connectivity index (χ4n) is 2.66. The lowest BCUT2D eigenvalue weighted by molar-refractivity contribution is 0.0425. The molecule has 0 spiro atoms. The van der Waals surface area contributed by atoms with Crippen molar-refractivity contribution in [1.29, 1.82) is 0 Å². The Labute approximate surface area is 156 Å². The lowest BCUT2D eigenvalue weighted by Crippen LogP contribution is -1.97. The minimum Gasteiger partial charge on any atom is -0.386 e. The zero-order chi connectivity index (χ0) is 19.0. The molecule has 2 aromatic carbocycles. The maximum Gasteiger partial charge on any atom is 0.346 e. The van der Waals surface area contributed by atoms with E-state index in [-0.39, 0.29) is 35.5 Å². The van der Waals surface area contributed by atoms with Gasteiger partial charge in [-0.1, -0.05) is 12.1 Å². The molecule has 0 amide bonds. The van der Waals surface area contributed by atoms with Crippen molar-refractivity contribution in [2.75, 3.05) is 0 Å². The van der Waals surface area contributed by atoms with Gasteiger partial charge in [-0.05, 0) is 35.4 Å². The second-order valence-corrected chi connectivity index (χ2v) is 6.31. The monoisotopic (exact) mass is 386 g/mol. The Morgan fingerprint density at radius 3 is 1.48 bits per heavy atom. The third-order valence-corrected chi connectivity index (χ3v) is 4.39. The van der Waals surface area contributed by atoms with Crippen molar-refractivity contribution in [1.82, 2.24) is 0 Å². The Kier molecular flexibility index (Phi) is 4.48. The lowest BCUT2D eigenvalue weighted by atomic mass is 10.1. The number of esters is 4. The largest absolute Gasteiger partial charge is 0.386 e. The van der Waals surface area contributed by atoms with E-state index >= 15 is 0 Å². The zero-order valence-electron chi connectivity index (χ0n) is 13.6. The molecule has 0 aliphatic carbocycles. The van der Waals surface area contributed by atoms with E-state index in [1.807, 2.05) is 0 Å². The predicted molar refractivity (Wildman–Crippen MR) is 89.5 cm³/mol. The number of hydrogen-bond donors (Lipinski definition) is 0. The Bertz CT molecular complexity index is 917. The van der Waals surface area contributed by atoms with Gasteiger partial charge in [-0.3, -0.25) is 8.37 Å². The molecule has 2 aliphatic rings. The number of carbonyl (C=O) groups is 4. The van der Waals surface area contributed by atoms with E-state index in [0.717, 1.165) is 12.3 Å². The van der Waals surface area contributed by atoms with Crippen LogP contribution in [0.15, 0.2) is 36.4 Å². The molecule has 0 bridgehead atoms. The van der Waals surface area contributed by atoms with Gasteiger partial charge in [0.25, 0.3) is 0 Å². The van der Waals surface area contributed by atoms with Crippen molar-refractivity contribution < 1.29 is 37.0 Å². The van der Waals surface area contributed by atoms with Gasteiger partial charge in [0.1, 0.15) is 0 Å². The summed E-state index contributed by atoms with van der Waals surface area (Å²) < 4.78 is 19.7. The predicted octanol–water partition coefficient (Wildman–Crippen LogP) is 2.60. The Hall–Kier alpha value is -3.01. The number of fused-ring (bicyclic) bond motifs is 2. The molecule has 8 nitrogen and oxygen atoms in total. The Balaban J connectivity index is 1.28. The molecule has 2 aromatic rings. The molecule has 9 heteroatoms. The van der Waals surface area contributed by atoms with Gasteiger partial charge in [0, 0.05) is 0 Å². The maximum atomic E-state index is 11.5. The number of rotatable bonds is 6. The van der Waals surface area contributed by atoms with Crippen molar-refractivity contribution in [3.05, 3.63) is 69.8 Å². The summed E-state index contributed by atoms with van der Waals surface area (Å²) >= 11 is 0.746. The first kappa shape index (κ1) is 17.4. The van der Waals surface area contributed by atoms with Crippen LogP contribution in [0.5, 0.6) is 0 Å². The van der Waals surface area contributed by atoms with Crippen LogP contribution in [0.2, 0.25) is 0 Å². The van der Waals surface area contributed by atoms with Crippen LogP contribution in [0.1, 0.15) is 52.6 Å². The maximum absolute atomic E-state index is 11.5. The highest BCUT2D eigenvalue weighted by atomic mass is 32.2. The van der Waals surface area contributed by atoms with Gasteiger partial charge in [0.05, 0.1) is 35.5 Å². The van der Waals surface area contributed by atoms with Gasteiger partial charge in [0.15, 0.2) is 12.3 Å². The molecule has 2 heterocycles. The van der Waals surface area contributed by atoms with E-state index in [1.54, 1.807) is 12.1 Å². The zero-order valence-corrected chi connectivity index (χ0v) is 14.4. The second-order valence-electron chi connectivity index (χ2n) is 5.71. The smallest absolute Gasteiger partial charge is 0.346 e. The topological polar surface area (TPSA) is 105 Å². The van der Waals surface area contributed by atoms with Crippen LogP contribution in [-0.4, -0.2) is 23.9 Å². The first-order valence-corrected chi connectivity index (χ1v) is 8.39. The summed E-state index contributed by atoms with van der Waals surface area (Å²) in [5, 5.41) is 0. The summed E-state index contributed by atoms with van der Waals surface area (Å²) in [5.74, 6) is -2.65. The summed E-state index contributed by atoms with van der Waals surface area (Å²) in [6.07, 6.45) is 0. The number of ether oxygens (including phenoxy) is 2. The summed E-state index contributed by atoms with van der Waals surface area (Å²) in [7, 11) is 0. The first-order valence-electron chi connectivity index (χ1n) is 7.73. The van der Waals surface area contributed by atoms with Gasteiger partial charge in [-0.2, -0.15) is 0 Å². The Morgan fingerprint density at radius 2 is 1.04 bits per heavy atom. The number of cyclic esters (lactones) is 4. The number of carbonyl (C=O) groups excluding carboxylic acids is 4. The molecular weight excluding hydrogens is 376 g/mol. The fourth-order valence-corrected chi connectivity index (χ4v) is 3.10. The van der Waals surface area contributed by atoms with E-state index < -0.39 is 23.9 Å². The third kappa shape index (κ3) is 3.35. The van der Waals surface area contributed by atoms with Gasteiger partial charge in [0.2, 0.25) is 0 Å². The fraction of sp³-hybridized carbons (Fsp3) is 0.111. The van der Waals surface area contributed by atoms with Crippen molar-refractivity contribution >= 4 is 36.2 Å². The van der Waals surface area contributed by atoms with Crippen LogP contribution < -0.4 is 0 Å². The highest BCUT2D eigenvalue weighted by molar-refractivity contribution is 7.89. The summed E-state index contributed by atoms with van der Waals surface area (Å²) in [4.78, 5) is 45.8. The second kappa shape index (κ2) is 6.95. The first-order chi connectivity index (χ1) is 13.0. The molecule has 136 valence electrons. The van der Waals surface area contributed by atoms with E-state index in [0.29, 0.717) is 11.1 Å². The molecule has 2 aliphatic heterocycles. The van der Waals surface area contributed by atoms with Crippen molar-refractivity contribution in [2.45, 2.75) is 13.2 Å². The van der Waals surface area contributed by atoms with Gasteiger partial charge < -0.3 is 9.47 Å². The summed E-state index contributed by atoms with van der Waals surface area (Å²) in [6.45, 7) is 0.287. The van der Waals surface area contributed by atoms with Gasteiger partial charge in [-0.25, -0.2) is 19.2 Å². The quantitative estimate of drug-likeness (QED) is 0.320. The summed E-state index contributed by atoms with van der Waals surface area (Å²) in [5.41, 5.74) is 2.26. The molecule has 0 unspecified atom stereocenters. The van der Waals surface area contributed by atoms with E-state index in [9.17, 15) is 19.2 Å². The SMILES string of the molecule is O=C1OC(=O)c2cc(COSOCc3ccc4c(c3)C(=O)OC4=O)ccc21. The molecular formula is C18H10O8S. The van der Waals surface area contributed by atoms with Crippen LogP contribution in [-0.2, 0) is 31.1 Å². The Morgan fingerprint density at radius 1 is 0.630 bits per heavy atom. The van der Waals surface area contributed by atoms with Crippen molar-refractivity contribution in [3.63, 3.8) is 0 Å². The minimum atomic E-state index is -0.672. The van der Waals surface area contributed by atoms with E-state index in [2.05, 4.69) is 9.47 Å². The van der Waals surface area contributed by atoms with Crippen LogP contribution >= 0.6 is 12.3 Å². The molecule has 0 saturated carbocycles. The van der Waals surface area contributed by atoms with Crippen molar-refractivity contribution in [2.24, 2.45) is 0 Å². The molecule has 4 rings (SSSR count). The average Bonchev–Trinajstić information content (AvgIpc) is 3.10. The normalized spacial score (nSPS) is 14.8. The molecule has 0 aromatic heterocycles. The molecule has 0 radical (unpaired) electrons. The molecule has 27 heavy (non-hydrogen) atoms. The third-order valence-electron chi connectivity index (χ3n) is 3.97. The van der Waals surface area contributed by atoms with Crippen molar-refractivity contribution in [3.8, 4) is 0 Å². The average molecular weight is 386 g/mol. The highest BCUT2D eigenvalue weighted by Gasteiger charge is 2.30. The molecule has 0 atom stereocenters. The molecule has 0 N–H and O–H groups in total. The van der Waals surface area contributed by atoms with Gasteiger partial charge in [-0.15, -0.1) is 0 Å². The van der Waals surface area contributed by atoms with Crippen LogP contribution in [0.25, 0.3) is 0 Å². The molecule has 0 fully saturated rings. The summed E-state index contributed by atoms with van der Waals surface area (Å²) in [6, 6.07) is 9.40. The lowest BCUT2D eigenvalue weighted by Gasteiger charge is -2.05. The standard InChI is InChI=1S/C18H10O8S/c19-15-11-3-1-9(5-13(11)17(21)25-15)7-23-27-24-8-10-2-4-12-14(6-10)18(22)26-16(12)20/h1-6H,7-8H2. The van der Waals surface area contributed by atoms with E-state index in [4.69, 9.17) is 8.37 Å².